The van der Waals surface area contributed by atoms with E-state index in [1.807, 2.05) is 49.4 Å². The summed E-state index contributed by atoms with van der Waals surface area (Å²) in [6.07, 6.45) is -3.90. The Balaban J connectivity index is 1.42. The molecule has 3 nitrogen and oxygen atoms in total. The first-order valence-electron chi connectivity index (χ1n) is 10.0. The minimum absolute atomic E-state index is 0.0626. The van der Waals surface area contributed by atoms with Crippen molar-refractivity contribution < 1.29 is 22.7 Å². The van der Waals surface area contributed by atoms with Gasteiger partial charge in [0.05, 0.1) is 11.1 Å². The number of esters is 1. The molecule has 0 aliphatic heterocycles. The number of ether oxygens (including phenoxy) is 1. The molecule has 0 aliphatic carbocycles. The van der Waals surface area contributed by atoms with Crippen molar-refractivity contribution in [3.63, 3.8) is 0 Å². The van der Waals surface area contributed by atoms with Crippen LogP contribution >= 0.6 is 0 Å². The summed E-state index contributed by atoms with van der Waals surface area (Å²) in [6, 6.07) is 22.3. The molecule has 0 bridgehead atoms. The maximum Gasteiger partial charge on any atom is 0.416 e. The molecule has 0 aromatic heterocycles. The number of carbonyl (C=O) groups is 1. The van der Waals surface area contributed by atoms with Crippen LogP contribution in [0.1, 0.15) is 28.4 Å². The highest BCUT2D eigenvalue weighted by Gasteiger charge is 2.30. The van der Waals surface area contributed by atoms with Gasteiger partial charge in [-0.05, 0) is 48.2 Å². The van der Waals surface area contributed by atoms with E-state index in [2.05, 4.69) is 5.32 Å². The summed E-state index contributed by atoms with van der Waals surface area (Å²) in [5.41, 5.74) is 2.51. The molecule has 162 valence electrons. The zero-order chi connectivity index (χ0) is 22.3. The van der Waals surface area contributed by atoms with Crippen LogP contribution in [0.25, 0.3) is 11.1 Å². The summed E-state index contributed by atoms with van der Waals surface area (Å²) in [6.45, 7) is 2.46. The quantitative estimate of drug-likeness (QED) is 0.367. The normalized spacial score (nSPS) is 12.4. The Bertz CT molecular complexity index is 986. The van der Waals surface area contributed by atoms with Crippen LogP contribution in [0.3, 0.4) is 0 Å². The highest BCUT2D eigenvalue weighted by molar-refractivity contribution is 5.90. The second-order valence-electron chi connectivity index (χ2n) is 7.34. The van der Waals surface area contributed by atoms with Crippen LogP contribution in [0.4, 0.5) is 13.2 Å². The van der Waals surface area contributed by atoms with Gasteiger partial charge in [0.2, 0.25) is 0 Å². The van der Waals surface area contributed by atoms with Crippen molar-refractivity contribution in [2.75, 3.05) is 13.2 Å². The highest BCUT2D eigenvalue weighted by Crippen LogP contribution is 2.29. The Labute approximate surface area is 179 Å². The maximum absolute atomic E-state index is 12.8. The highest BCUT2D eigenvalue weighted by atomic mass is 19.4. The number of alkyl halides is 3. The number of hydrogen-bond donors (Lipinski definition) is 1. The lowest BCUT2D eigenvalue weighted by atomic mass is 10.0. The smallest absolute Gasteiger partial charge is 0.416 e. The number of rotatable bonds is 8. The molecule has 0 aliphatic rings. The van der Waals surface area contributed by atoms with Crippen LogP contribution in [-0.4, -0.2) is 25.2 Å². The van der Waals surface area contributed by atoms with Gasteiger partial charge in [0, 0.05) is 12.6 Å². The molecule has 3 rings (SSSR count). The van der Waals surface area contributed by atoms with Crippen LogP contribution in [-0.2, 0) is 17.3 Å². The van der Waals surface area contributed by atoms with E-state index in [1.54, 1.807) is 18.2 Å². The van der Waals surface area contributed by atoms with Crippen LogP contribution in [0.2, 0.25) is 0 Å². The van der Waals surface area contributed by atoms with Gasteiger partial charge in [0.15, 0.2) is 0 Å². The van der Waals surface area contributed by atoms with Crippen molar-refractivity contribution in [1.29, 1.82) is 0 Å². The van der Waals surface area contributed by atoms with E-state index in [0.717, 1.165) is 23.3 Å². The Morgan fingerprint density at radius 3 is 2.29 bits per heavy atom. The zero-order valence-corrected chi connectivity index (χ0v) is 17.2. The predicted octanol–water partition coefficient (Wildman–Crippen LogP) is 5.75. The number of hydrogen-bond acceptors (Lipinski definition) is 3. The fourth-order valence-electron chi connectivity index (χ4n) is 3.26. The Kier molecular flexibility index (Phi) is 7.47. The molecule has 3 aromatic rings. The largest absolute Gasteiger partial charge is 0.461 e. The van der Waals surface area contributed by atoms with Gasteiger partial charge in [0.1, 0.15) is 6.61 Å². The third-order valence-electron chi connectivity index (χ3n) is 4.85. The molecule has 0 heterocycles. The molecule has 0 radical (unpaired) electrons. The minimum Gasteiger partial charge on any atom is -0.461 e. The molecule has 0 amide bonds. The number of carbonyl (C=O) groups excluding carboxylic acids is 1. The molecule has 0 unspecified atom stereocenters. The monoisotopic (exact) mass is 427 g/mol. The summed E-state index contributed by atoms with van der Waals surface area (Å²) in [7, 11) is 0. The first-order valence-corrected chi connectivity index (χ1v) is 10.0. The van der Waals surface area contributed by atoms with Gasteiger partial charge in [-0.15, -0.1) is 0 Å². The van der Waals surface area contributed by atoms with Gasteiger partial charge in [-0.2, -0.15) is 13.2 Å². The molecule has 1 N–H and O–H groups in total. The summed E-state index contributed by atoms with van der Waals surface area (Å²) in [4.78, 5) is 12.2. The van der Waals surface area contributed by atoms with Crippen molar-refractivity contribution in [3.05, 3.63) is 95.6 Å². The minimum atomic E-state index is -4.35. The molecule has 0 fully saturated rings. The molecule has 31 heavy (non-hydrogen) atoms. The average Bonchev–Trinajstić information content (AvgIpc) is 2.77. The van der Waals surface area contributed by atoms with Gasteiger partial charge < -0.3 is 10.1 Å². The summed E-state index contributed by atoms with van der Waals surface area (Å²) >= 11 is 0. The van der Waals surface area contributed by atoms with Crippen molar-refractivity contribution >= 4 is 5.97 Å². The van der Waals surface area contributed by atoms with Crippen LogP contribution in [0.15, 0.2) is 78.9 Å². The van der Waals surface area contributed by atoms with Crippen molar-refractivity contribution in [2.24, 2.45) is 0 Å². The number of benzene rings is 3. The van der Waals surface area contributed by atoms with Crippen LogP contribution in [0.5, 0.6) is 0 Å². The fourth-order valence-corrected chi connectivity index (χ4v) is 3.26. The van der Waals surface area contributed by atoms with Crippen molar-refractivity contribution in [2.45, 2.75) is 25.6 Å². The van der Waals surface area contributed by atoms with E-state index in [-0.39, 0.29) is 12.6 Å². The Morgan fingerprint density at radius 1 is 0.935 bits per heavy atom. The standard InChI is InChI=1S/C25H24F3NO2/c1-18(16-19-6-5-9-23(17-19)25(26,27)28)29-14-15-31-24(30)22-12-10-21(11-13-22)20-7-3-2-4-8-20/h2-13,17-18,29H,14-16H2,1H3/t18-/m0/s1. The van der Waals surface area contributed by atoms with Crippen LogP contribution in [0, 0.1) is 0 Å². The fraction of sp³-hybridized carbons (Fsp3) is 0.240. The molecular formula is C25H24F3NO2. The second kappa shape index (κ2) is 10.3. The van der Waals surface area contributed by atoms with Crippen molar-refractivity contribution in [3.8, 4) is 11.1 Å². The molecule has 3 aromatic carbocycles. The van der Waals surface area contributed by atoms with E-state index in [9.17, 15) is 18.0 Å². The summed E-state index contributed by atoms with van der Waals surface area (Å²) in [5.74, 6) is -0.410. The van der Waals surface area contributed by atoms with Gasteiger partial charge in [-0.25, -0.2) is 4.79 Å². The van der Waals surface area contributed by atoms with Crippen molar-refractivity contribution in [1.82, 2.24) is 5.32 Å². The lowest BCUT2D eigenvalue weighted by molar-refractivity contribution is -0.137. The Hall–Kier alpha value is -3.12. The number of nitrogens with one attached hydrogen (secondary N) is 1. The van der Waals surface area contributed by atoms with E-state index in [0.29, 0.717) is 24.1 Å². The third kappa shape index (κ3) is 6.69. The summed E-state index contributed by atoms with van der Waals surface area (Å²) < 4.78 is 43.7. The molecule has 6 heteroatoms. The molecule has 0 spiro atoms. The molecule has 0 saturated heterocycles. The van der Waals surface area contributed by atoms with Gasteiger partial charge >= 0.3 is 12.1 Å². The maximum atomic E-state index is 12.8. The lowest BCUT2D eigenvalue weighted by Gasteiger charge is -2.15. The van der Waals surface area contributed by atoms with E-state index < -0.39 is 17.7 Å². The van der Waals surface area contributed by atoms with Crippen LogP contribution < -0.4 is 5.32 Å². The molecule has 0 saturated carbocycles. The SMILES string of the molecule is C[C@@H](Cc1cccc(C(F)(F)F)c1)NCCOC(=O)c1ccc(-c2ccccc2)cc1. The lowest BCUT2D eigenvalue weighted by Crippen LogP contribution is -2.31. The third-order valence-corrected chi connectivity index (χ3v) is 4.85. The first-order chi connectivity index (χ1) is 14.8. The van der Waals surface area contributed by atoms with E-state index >= 15 is 0 Å². The predicted molar refractivity (Wildman–Crippen MR) is 115 cm³/mol. The first kappa shape index (κ1) is 22.6. The van der Waals surface area contributed by atoms with Gasteiger partial charge in [-0.1, -0.05) is 60.7 Å². The molecular weight excluding hydrogens is 403 g/mol. The average molecular weight is 427 g/mol. The van der Waals surface area contributed by atoms with E-state index in [4.69, 9.17) is 4.74 Å². The second-order valence-corrected chi connectivity index (χ2v) is 7.34. The number of halogens is 3. The zero-order valence-electron chi connectivity index (χ0n) is 17.2. The molecule has 1 atom stereocenters. The van der Waals surface area contributed by atoms with Gasteiger partial charge in [-0.3, -0.25) is 0 Å². The van der Waals surface area contributed by atoms with E-state index in [1.165, 1.54) is 6.07 Å². The topological polar surface area (TPSA) is 38.3 Å². The Morgan fingerprint density at radius 2 is 1.61 bits per heavy atom. The van der Waals surface area contributed by atoms with Gasteiger partial charge in [0.25, 0.3) is 0 Å². The summed E-state index contributed by atoms with van der Waals surface area (Å²) in [5, 5.41) is 3.17.